The van der Waals surface area contributed by atoms with E-state index in [4.69, 9.17) is 9.47 Å². The third-order valence-electron chi connectivity index (χ3n) is 2.75. The molecule has 1 aliphatic heterocycles. The van der Waals surface area contributed by atoms with Crippen LogP contribution in [-0.4, -0.2) is 30.9 Å². The average Bonchev–Trinajstić information content (AvgIpc) is 3.12. The summed E-state index contributed by atoms with van der Waals surface area (Å²) in [6.07, 6.45) is 0.396. The van der Waals surface area contributed by atoms with E-state index in [1.165, 1.54) is 5.56 Å². The second kappa shape index (κ2) is 5.87. The fourth-order valence-electron chi connectivity index (χ4n) is 1.83. The highest BCUT2D eigenvalue weighted by Gasteiger charge is 2.34. The van der Waals surface area contributed by atoms with Gasteiger partial charge < -0.3 is 14.8 Å². The van der Waals surface area contributed by atoms with Gasteiger partial charge in [0.05, 0.1) is 18.8 Å². The summed E-state index contributed by atoms with van der Waals surface area (Å²) in [7, 11) is 0. The van der Waals surface area contributed by atoms with Crippen LogP contribution in [-0.2, 0) is 15.9 Å². The van der Waals surface area contributed by atoms with Crippen LogP contribution in [0.2, 0.25) is 0 Å². The summed E-state index contributed by atoms with van der Waals surface area (Å²) in [5.74, 6) is 0. The molecule has 98 valence electrons. The second-order valence-electron chi connectivity index (χ2n) is 4.77. The van der Waals surface area contributed by atoms with E-state index in [1.807, 2.05) is 44.2 Å². The summed E-state index contributed by atoms with van der Waals surface area (Å²) in [5, 5.41) is 2.87. The number of hydrogen-bond acceptors (Lipinski definition) is 3. The Hall–Kier alpha value is -1.55. The number of ether oxygens (including phenoxy) is 2. The first-order chi connectivity index (χ1) is 8.65. The van der Waals surface area contributed by atoms with Gasteiger partial charge in [0.15, 0.2) is 0 Å². The fraction of sp³-hybridized carbons (Fsp3) is 0.500. The average molecular weight is 249 g/mol. The van der Waals surface area contributed by atoms with Crippen LogP contribution in [0.25, 0.3) is 0 Å². The molecule has 1 amide bonds. The molecule has 1 aliphatic rings. The van der Waals surface area contributed by atoms with Crippen molar-refractivity contribution in [3.63, 3.8) is 0 Å². The van der Waals surface area contributed by atoms with Crippen molar-refractivity contribution in [1.82, 2.24) is 5.32 Å². The highest BCUT2D eigenvalue weighted by molar-refractivity contribution is 5.68. The van der Waals surface area contributed by atoms with Crippen LogP contribution in [0.3, 0.4) is 0 Å². The van der Waals surface area contributed by atoms with Crippen molar-refractivity contribution >= 4 is 6.09 Å². The van der Waals surface area contributed by atoms with Gasteiger partial charge in [0.2, 0.25) is 0 Å². The lowest BCUT2D eigenvalue weighted by atomic mass is 10.0. The molecule has 1 aromatic carbocycles. The molecule has 1 N–H and O–H groups in total. The number of benzene rings is 1. The highest BCUT2D eigenvalue weighted by Crippen LogP contribution is 2.18. The summed E-state index contributed by atoms with van der Waals surface area (Å²) in [6.45, 7) is 4.37. The van der Waals surface area contributed by atoms with E-state index in [2.05, 4.69) is 5.32 Å². The van der Waals surface area contributed by atoms with Crippen molar-refractivity contribution in [2.24, 2.45) is 0 Å². The lowest BCUT2D eigenvalue weighted by Gasteiger charge is -2.17. The standard InChI is InChI=1S/C14H19NO3/c1-10(2)18-14(16)15-12(13-9-17-13)8-11-6-4-3-5-7-11/h3-7,10,12-13H,8-9H2,1-2H3,(H,15,16)/t12-,13-/m0/s1. The Morgan fingerprint density at radius 3 is 2.67 bits per heavy atom. The van der Waals surface area contributed by atoms with E-state index in [0.717, 1.165) is 6.42 Å². The van der Waals surface area contributed by atoms with E-state index in [1.54, 1.807) is 0 Å². The third kappa shape index (κ3) is 4.04. The molecule has 18 heavy (non-hydrogen) atoms. The van der Waals surface area contributed by atoms with E-state index in [9.17, 15) is 4.79 Å². The number of carbonyl (C=O) groups excluding carboxylic acids is 1. The summed E-state index contributed by atoms with van der Waals surface area (Å²) in [6, 6.07) is 10.0. The number of carbonyl (C=O) groups is 1. The van der Waals surface area contributed by atoms with Gasteiger partial charge >= 0.3 is 6.09 Å². The van der Waals surface area contributed by atoms with Gasteiger partial charge in [0.1, 0.15) is 6.10 Å². The van der Waals surface area contributed by atoms with Crippen LogP contribution < -0.4 is 5.32 Å². The molecular formula is C14H19NO3. The predicted molar refractivity (Wildman–Crippen MR) is 68.4 cm³/mol. The van der Waals surface area contributed by atoms with Crippen LogP contribution in [0.15, 0.2) is 30.3 Å². The maximum absolute atomic E-state index is 11.6. The number of hydrogen-bond donors (Lipinski definition) is 1. The quantitative estimate of drug-likeness (QED) is 0.813. The molecule has 0 radical (unpaired) electrons. The largest absolute Gasteiger partial charge is 0.447 e. The monoisotopic (exact) mass is 249 g/mol. The molecule has 0 spiro atoms. The molecular weight excluding hydrogens is 230 g/mol. The predicted octanol–water partition coefficient (Wildman–Crippen LogP) is 2.13. The molecule has 4 heteroatoms. The molecule has 1 saturated heterocycles. The number of nitrogens with one attached hydrogen (secondary N) is 1. The third-order valence-corrected chi connectivity index (χ3v) is 2.75. The van der Waals surface area contributed by atoms with Crippen molar-refractivity contribution in [3.05, 3.63) is 35.9 Å². The molecule has 0 aliphatic carbocycles. The van der Waals surface area contributed by atoms with Gasteiger partial charge in [0.25, 0.3) is 0 Å². The number of epoxide rings is 1. The Bertz CT molecular complexity index is 387. The van der Waals surface area contributed by atoms with Crippen LogP contribution in [0.5, 0.6) is 0 Å². The SMILES string of the molecule is CC(C)OC(=O)N[C@@H](Cc1ccccc1)[C@@H]1CO1. The van der Waals surface area contributed by atoms with E-state index in [0.29, 0.717) is 6.61 Å². The topological polar surface area (TPSA) is 50.9 Å². The van der Waals surface area contributed by atoms with Crippen LogP contribution in [0, 0.1) is 0 Å². The second-order valence-corrected chi connectivity index (χ2v) is 4.77. The Balaban J connectivity index is 1.90. The van der Waals surface area contributed by atoms with Crippen molar-refractivity contribution < 1.29 is 14.3 Å². The summed E-state index contributed by atoms with van der Waals surface area (Å²) in [4.78, 5) is 11.6. The molecule has 1 heterocycles. The van der Waals surface area contributed by atoms with Crippen LogP contribution >= 0.6 is 0 Å². The van der Waals surface area contributed by atoms with E-state index in [-0.39, 0.29) is 24.3 Å². The van der Waals surface area contributed by atoms with Crippen molar-refractivity contribution in [2.45, 2.75) is 38.5 Å². The normalized spacial score (nSPS) is 19.4. The molecule has 0 unspecified atom stereocenters. The maximum Gasteiger partial charge on any atom is 0.407 e. The van der Waals surface area contributed by atoms with Gasteiger partial charge in [-0.1, -0.05) is 30.3 Å². The van der Waals surface area contributed by atoms with Gasteiger partial charge in [-0.15, -0.1) is 0 Å². The minimum atomic E-state index is -0.374. The van der Waals surface area contributed by atoms with Gasteiger partial charge in [-0.05, 0) is 25.8 Å². The Morgan fingerprint density at radius 1 is 1.44 bits per heavy atom. The zero-order valence-corrected chi connectivity index (χ0v) is 10.8. The Labute approximate surface area is 107 Å². The zero-order valence-electron chi connectivity index (χ0n) is 10.8. The van der Waals surface area contributed by atoms with Crippen molar-refractivity contribution in [3.8, 4) is 0 Å². The molecule has 1 aromatic rings. The van der Waals surface area contributed by atoms with Gasteiger partial charge in [-0.25, -0.2) is 4.79 Å². The zero-order chi connectivity index (χ0) is 13.0. The molecule has 0 saturated carbocycles. The first-order valence-corrected chi connectivity index (χ1v) is 6.28. The lowest BCUT2D eigenvalue weighted by molar-refractivity contribution is 0.110. The maximum atomic E-state index is 11.6. The number of amides is 1. The van der Waals surface area contributed by atoms with Gasteiger partial charge in [0, 0.05) is 0 Å². The minimum absolute atomic E-state index is 0.0151. The lowest BCUT2D eigenvalue weighted by Crippen LogP contribution is -2.41. The Kier molecular flexibility index (Phi) is 4.20. The smallest absolute Gasteiger partial charge is 0.407 e. The minimum Gasteiger partial charge on any atom is -0.447 e. The number of rotatable bonds is 5. The summed E-state index contributed by atoms with van der Waals surface area (Å²) >= 11 is 0. The molecule has 1 fully saturated rings. The van der Waals surface area contributed by atoms with Gasteiger partial charge in [-0.3, -0.25) is 0 Å². The summed E-state index contributed by atoms with van der Waals surface area (Å²) < 4.78 is 10.4. The van der Waals surface area contributed by atoms with Crippen LogP contribution in [0.1, 0.15) is 19.4 Å². The number of alkyl carbamates (subject to hydrolysis) is 1. The first-order valence-electron chi connectivity index (χ1n) is 6.28. The van der Waals surface area contributed by atoms with Crippen LogP contribution in [0.4, 0.5) is 4.79 Å². The summed E-state index contributed by atoms with van der Waals surface area (Å²) in [5.41, 5.74) is 1.18. The molecule has 2 atom stereocenters. The van der Waals surface area contributed by atoms with Crippen molar-refractivity contribution in [2.75, 3.05) is 6.61 Å². The van der Waals surface area contributed by atoms with E-state index >= 15 is 0 Å². The highest BCUT2D eigenvalue weighted by atomic mass is 16.6. The fourth-order valence-corrected chi connectivity index (χ4v) is 1.83. The van der Waals surface area contributed by atoms with Gasteiger partial charge in [-0.2, -0.15) is 0 Å². The molecule has 2 rings (SSSR count). The molecule has 0 bridgehead atoms. The van der Waals surface area contributed by atoms with E-state index < -0.39 is 0 Å². The molecule has 0 aromatic heterocycles. The van der Waals surface area contributed by atoms with Crippen molar-refractivity contribution in [1.29, 1.82) is 0 Å². The Morgan fingerprint density at radius 2 is 2.11 bits per heavy atom. The first kappa shape index (κ1) is 12.9. The molecule has 4 nitrogen and oxygen atoms in total.